The highest BCUT2D eigenvalue weighted by atomic mass is 32.2. The largest absolute Gasteiger partial charge is 0.385 e. The van der Waals surface area contributed by atoms with Crippen LogP contribution in [0.1, 0.15) is 45.4 Å². The Labute approximate surface area is 209 Å². The van der Waals surface area contributed by atoms with Gasteiger partial charge in [-0.2, -0.15) is 5.10 Å². The summed E-state index contributed by atoms with van der Waals surface area (Å²) in [4.78, 5) is 15.7. The fourth-order valence-electron chi connectivity index (χ4n) is 4.82. The number of hydrogen-bond donors (Lipinski definition) is 2. The summed E-state index contributed by atoms with van der Waals surface area (Å²) in [5, 5.41) is 8.67. The summed E-state index contributed by atoms with van der Waals surface area (Å²) in [7, 11) is 0. The number of benzene rings is 1. The number of carbonyl (C=O) groups is 1. The number of alkyl halides is 2. The third kappa shape index (κ3) is 7.57. The van der Waals surface area contributed by atoms with Gasteiger partial charge in [0.05, 0.1) is 11.5 Å². The number of hydrogen-bond acceptors (Lipinski definition) is 6. The maximum atomic E-state index is 12.8. The van der Waals surface area contributed by atoms with Crippen molar-refractivity contribution in [1.82, 2.24) is 20.0 Å². The molecule has 0 unspecified atom stereocenters. The van der Waals surface area contributed by atoms with Crippen molar-refractivity contribution < 1.29 is 18.3 Å². The molecule has 2 aromatic rings. The van der Waals surface area contributed by atoms with Crippen LogP contribution < -0.4 is 11.1 Å². The zero-order valence-corrected chi connectivity index (χ0v) is 21.0. The van der Waals surface area contributed by atoms with E-state index < -0.39 is 12.5 Å². The Kier molecular flexibility index (Phi) is 8.54. The van der Waals surface area contributed by atoms with Gasteiger partial charge in [0, 0.05) is 42.5 Å². The number of fused-ring (bicyclic) bond motifs is 1. The molecule has 1 fully saturated rings. The Bertz CT molecular complexity index is 997. The minimum atomic E-state index is -2.81. The van der Waals surface area contributed by atoms with Gasteiger partial charge >= 0.3 is 0 Å². The molecular formula is C25H35F2N5O2S. The van der Waals surface area contributed by atoms with Gasteiger partial charge in [-0.1, -0.05) is 30.0 Å². The average Bonchev–Trinajstić information content (AvgIpc) is 3.38. The van der Waals surface area contributed by atoms with Gasteiger partial charge in [-0.15, -0.1) is 0 Å². The van der Waals surface area contributed by atoms with Gasteiger partial charge in [0.2, 0.25) is 5.91 Å². The van der Waals surface area contributed by atoms with E-state index in [1.54, 1.807) is 4.68 Å². The molecule has 10 heteroatoms. The second-order valence-corrected chi connectivity index (χ2v) is 10.7. The van der Waals surface area contributed by atoms with Gasteiger partial charge in [-0.3, -0.25) is 9.48 Å². The summed E-state index contributed by atoms with van der Waals surface area (Å²) in [6, 6.07) is 8.07. The minimum absolute atomic E-state index is 0.00731. The highest BCUT2D eigenvalue weighted by Gasteiger charge is 2.26. The first kappa shape index (κ1) is 25.8. The lowest BCUT2D eigenvalue weighted by molar-refractivity contribution is -0.122. The monoisotopic (exact) mass is 507 g/mol. The molecule has 3 N–H and O–H groups in total. The van der Waals surface area contributed by atoms with Crippen LogP contribution in [-0.4, -0.2) is 58.2 Å². The summed E-state index contributed by atoms with van der Waals surface area (Å²) < 4.78 is 32.5. The molecular weight excluding hydrogens is 472 g/mol. The third-order valence-electron chi connectivity index (χ3n) is 6.69. The summed E-state index contributed by atoms with van der Waals surface area (Å²) >= 11 is 1.42. The highest BCUT2D eigenvalue weighted by Crippen LogP contribution is 2.32. The van der Waals surface area contributed by atoms with Crippen molar-refractivity contribution in [2.45, 2.75) is 64.0 Å². The van der Waals surface area contributed by atoms with Gasteiger partial charge < -0.3 is 20.7 Å². The molecule has 1 aromatic carbocycles. The number of amides is 1. The highest BCUT2D eigenvalue weighted by molar-refractivity contribution is 8.02. The van der Waals surface area contributed by atoms with E-state index in [1.165, 1.54) is 11.8 Å². The van der Waals surface area contributed by atoms with Crippen molar-refractivity contribution in [1.29, 1.82) is 0 Å². The van der Waals surface area contributed by atoms with Gasteiger partial charge in [-0.05, 0) is 50.5 Å². The third-order valence-corrected chi connectivity index (χ3v) is 7.74. The van der Waals surface area contributed by atoms with E-state index in [4.69, 9.17) is 10.5 Å². The van der Waals surface area contributed by atoms with E-state index in [2.05, 4.69) is 15.3 Å². The molecule has 35 heavy (non-hydrogen) atoms. The van der Waals surface area contributed by atoms with Crippen LogP contribution in [0.4, 0.5) is 8.78 Å². The van der Waals surface area contributed by atoms with Crippen molar-refractivity contribution in [2.75, 3.05) is 25.6 Å². The Morgan fingerprint density at radius 1 is 1.29 bits per heavy atom. The van der Waals surface area contributed by atoms with Crippen LogP contribution in [0.25, 0.3) is 10.9 Å². The average molecular weight is 508 g/mol. The van der Waals surface area contributed by atoms with Crippen molar-refractivity contribution in [3.63, 3.8) is 0 Å². The van der Waals surface area contributed by atoms with Crippen molar-refractivity contribution in [2.24, 2.45) is 11.7 Å². The van der Waals surface area contributed by atoms with Crippen molar-refractivity contribution >= 4 is 28.6 Å². The number of aromatic nitrogens is 2. The zero-order valence-electron chi connectivity index (χ0n) is 20.2. The molecule has 0 bridgehead atoms. The van der Waals surface area contributed by atoms with Crippen molar-refractivity contribution in [3.8, 4) is 0 Å². The van der Waals surface area contributed by atoms with Crippen LogP contribution in [0.5, 0.6) is 0 Å². The van der Waals surface area contributed by atoms with Crippen LogP contribution >= 0.6 is 11.8 Å². The topological polar surface area (TPSA) is 85.4 Å². The molecule has 1 saturated carbocycles. The number of thioether (sulfide) groups is 1. The standard InChI is InChI=1S/C25H35F2N5O2S/c1-25(26,27)16-34-17-35-22-11-13-31(24(22)28)12-10-18-6-8-20(9-7-18)29-23(33)15-32-14-19-4-2-3-5-21(19)30-32/h2-5,14,18,20H,6-13,15-17,28H2,1H3,(H,29,33). The Hall–Kier alpha value is -2.33. The summed E-state index contributed by atoms with van der Waals surface area (Å²) in [5.41, 5.74) is 7.20. The van der Waals surface area contributed by atoms with Gasteiger partial charge in [-0.25, -0.2) is 8.78 Å². The van der Waals surface area contributed by atoms with E-state index in [0.717, 1.165) is 80.2 Å². The zero-order chi connectivity index (χ0) is 24.8. The molecule has 1 aliphatic heterocycles. The molecule has 1 amide bonds. The molecule has 1 aliphatic carbocycles. The normalized spacial score (nSPS) is 21.2. The first-order chi connectivity index (χ1) is 16.8. The van der Waals surface area contributed by atoms with Gasteiger partial charge in [0.1, 0.15) is 19.0 Å². The molecule has 0 atom stereocenters. The molecule has 0 spiro atoms. The number of halogens is 2. The molecule has 7 nitrogen and oxygen atoms in total. The Morgan fingerprint density at radius 2 is 2.06 bits per heavy atom. The van der Waals surface area contributed by atoms with Crippen LogP contribution in [0, 0.1) is 5.92 Å². The molecule has 2 aliphatic rings. The minimum Gasteiger partial charge on any atom is -0.385 e. The quantitative estimate of drug-likeness (QED) is 0.349. The van der Waals surface area contributed by atoms with E-state index in [9.17, 15) is 13.6 Å². The molecule has 192 valence electrons. The lowest BCUT2D eigenvalue weighted by Crippen LogP contribution is -2.39. The summed E-state index contributed by atoms with van der Waals surface area (Å²) in [6.45, 7) is 2.29. The van der Waals surface area contributed by atoms with Crippen LogP contribution in [0.15, 0.2) is 41.2 Å². The smallest absolute Gasteiger partial charge is 0.268 e. The second-order valence-electron chi connectivity index (χ2n) is 9.69. The van der Waals surface area contributed by atoms with Crippen LogP contribution in [-0.2, 0) is 16.1 Å². The fourth-order valence-corrected chi connectivity index (χ4v) is 5.65. The summed E-state index contributed by atoms with van der Waals surface area (Å²) in [6.07, 6.45) is 7.98. The first-order valence-electron chi connectivity index (χ1n) is 12.3. The molecule has 0 saturated heterocycles. The predicted octanol–water partition coefficient (Wildman–Crippen LogP) is 4.30. The first-order valence-corrected chi connectivity index (χ1v) is 13.3. The van der Waals surface area contributed by atoms with Crippen molar-refractivity contribution in [3.05, 3.63) is 41.2 Å². The maximum Gasteiger partial charge on any atom is 0.268 e. The Balaban J connectivity index is 1.13. The van der Waals surface area contributed by atoms with Gasteiger partial charge in [0.25, 0.3) is 5.92 Å². The number of nitrogens with two attached hydrogens (primary N) is 1. The lowest BCUT2D eigenvalue weighted by Gasteiger charge is -2.30. The Morgan fingerprint density at radius 3 is 2.80 bits per heavy atom. The molecule has 1 aromatic heterocycles. The SMILES string of the molecule is CC(F)(F)COCSC1=C(N)N(CCC2CCC(NC(=O)Cn3cc4ccccc4n3)CC2)CC1. The van der Waals surface area contributed by atoms with E-state index in [-0.39, 0.29) is 24.4 Å². The van der Waals surface area contributed by atoms with Crippen LogP contribution in [0.3, 0.4) is 0 Å². The predicted molar refractivity (Wildman–Crippen MR) is 135 cm³/mol. The number of nitrogens with zero attached hydrogens (tertiary/aromatic N) is 3. The van der Waals surface area contributed by atoms with E-state index >= 15 is 0 Å². The second kappa shape index (κ2) is 11.6. The number of nitrogens with one attached hydrogen (secondary N) is 1. The molecule has 4 rings (SSSR count). The van der Waals surface area contributed by atoms with Gasteiger partial charge in [0.15, 0.2) is 0 Å². The lowest BCUT2D eigenvalue weighted by atomic mass is 9.84. The van der Waals surface area contributed by atoms with E-state index in [0.29, 0.717) is 5.92 Å². The number of ether oxygens (including phenoxy) is 1. The van der Waals surface area contributed by atoms with Crippen LogP contribution in [0.2, 0.25) is 0 Å². The summed E-state index contributed by atoms with van der Waals surface area (Å²) in [5.74, 6) is -1.22. The van der Waals surface area contributed by atoms with E-state index in [1.807, 2.05) is 30.5 Å². The number of carbonyl (C=O) groups excluding carboxylic acids is 1. The maximum absolute atomic E-state index is 12.8. The fraction of sp³-hybridized carbons (Fsp3) is 0.600. The molecule has 2 heterocycles. The molecule has 0 radical (unpaired) electrons. The number of rotatable bonds is 11.